The molecule has 54 valence electrons. The predicted octanol–water partition coefficient (Wildman–Crippen LogP) is -0.0262. The average Bonchev–Trinajstić information content (AvgIpc) is 1.88. The summed E-state index contributed by atoms with van der Waals surface area (Å²) in [7, 11) is 0. The fraction of sp³-hybridized carbons (Fsp3) is 0.429. The number of amides is 1. The van der Waals surface area contributed by atoms with Gasteiger partial charge < -0.3 is 4.90 Å². The van der Waals surface area contributed by atoms with Gasteiger partial charge in [-0.1, -0.05) is 6.08 Å². The molecule has 0 aromatic heterocycles. The van der Waals surface area contributed by atoms with Crippen molar-refractivity contribution in [2.45, 2.75) is 6.92 Å². The van der Waals surface area contributed by atoms with Gasteiger partial charge in [0, 0.05) is 13.5 Å². The van der Waals surface area contributed by atoms with E-state index in [1.165, 1.54) is 17.9 Å². The largest absolute Gasteiger partial charge is 0.332 e. The van der Waals surface area contributed by atoms with Gasteiger partial charge in [-0.3, -0.25) is 9.59 Å². The van der Waals surface area contributed by atoms with E-state index in [0.29, 0.717) is 6.54 Å². The van der Waals surface area contributed by atoms with Crippen LogP contribution in [0.5, 0.6) is 0 Å². The van der Waals surface area contributed by atoms with Crippen LogP contribution in [0.2, 0.25) is 0 Å². The van der Waals surface area contributed by atoms with Crippen molar-refractivity contribution in [2.75, 3.05) is 13.1 Å². The highest BCUT2D eigenvalue weighted by Crippen LogP contribution is 1.97. The lowest BCUT2D eigenvalue weighted by molar-refractivity contribution is -0.132. The molecule has 0 atom stereocenters. The first-order chi connectivity index (χ1) is 4.70. The van der Waals surface area contributed by atoms with Gasteiger partial charge in [-0.25, -0.2) is 0 Å². The van der Waals surface area contributed by atoms with E-state index in [4.69, 9.17) is 0 Å². The quantitative estimate of drug-likeness (QED) is 0.472. The van der Waals surface area contributed by atoms with Crippen molar-refractivity contribution in [1.29, 1.82) is 0 Å². The molecule has 3 heteroatoms. The second kappa shape index (κ2) is 2.64. The summed E-state index contributed by atoms with van der Waals surface area (Å²) in [6.45, 7) is 2.28. The van der Waals surface area contributed by atoms with Crippen molar-refractivity contribution in [3.05, 3.63) is 12.2 Å². The van der Waals surface area contributed by atoms with Crippen LogP contribution in [0.4, 0.5) is 0 Å². The van der Waals surface area contributed by atoms with E-state index in [9.17, 15) is 9.59 Å². The number of carbonyl (C=O) groups is 2. The first kappa shape index (κ1) is 6.99. The van der Waals surface area contributed by atoms with Gasteiger partial charge in [-0.2, -0.15) is 0 Å². The van der Waals surface area contributed by atoms with Crippen LogP contribution in [0.25, 0.3) is 0 Å². The molecule has 1 amide bonds. The maximum absolute atomic E-state index is 10.7. The topological polar surface area (TPSA) is 37.4 Å². The Morgan fingerprint density at radius 1 is 1.70 bits per heavy atom. The molecule has 1 aliphatic rings. The Labute approximate surface area is 59.3 Å². The SMILES string of the molecule is CC(=O)N1CC=CC(=O)C1. The zero-order valence-electron chi connectivity index (χ0n) is 5.83. The molecule has 0 aromatic carbocycles. The zero-order valence-corrected chi connectivity index (χ0v) is 5.83. The summed E-state index contributed by atoms with van der Waals surface area (Å²) in [4.78, 5) is 22.9. The molecule has 0 N–H and O–H groups in total. The van der Waals surface area contributed by atoms with Crippen LogP contribution in [0.3, 0.4) is 0 Å². The van der Waals surface area contributed by atoms with Gasteiger partial charge in [0.05, 0.1) is 6.54 Å². The van der Waals surface area contributed by atoms with Crippen molar-refractivity contribution in [1.82, 2.24) is 4.90 Å². The fourth-order valence-electron chi connectivity index (χ4n) is 0.857. The Balaban J connectivity index is 2.60. The molecule has 0 bridgehead atoms. The number of carbonyl (C=O) groups excluding carboxylic acids is 2. The highest BCUT2D eigenvalue weighted by molar-refractivity contribution is 5.94. The zero-order chi connectivity index (χ0) is 7.56. The number of rotatable bonds is 0. The van der Waals surface area contributed by atoms with Gasteiger partial charge in [0.1, 0.15) is 0 Å². The number of hydrogen-bond acceptors (Lipinski definition) is 2. The lowest BCUT2D eigenvalue weighted by Gasteiger charge is -2.20. The minimum absolute atomic E-state index is 0.00134. The normalized spacial score (nSPS) is 17.7. The molecule has 0 aliphatic carbocycles. The molecule has 0 aromatic rings. The maximum atomic E-state index is 10.7. The highest BCUT2D eigenvalue weighted by atomic mass is 16.2. The van der Waals surface area contributed by atoms with Crippen molar-refractivity contribution in [2.24, 2.45) is 0 Å². The molecule has 1 heterocycles. The van der Waals surface area contributed by atoms with Crippen molar-refractivity contribution in [3.8, 4) is 0 Å². The maximum Gasteiger partial charge on any atom is 0.220 e. The standard InChI is InChI=1S/C7H9NO2/c1-6(9)8-4-2-3-7(10)5-8/h2-3H,4-5H2,1H3. The second-order valence-electron chi connectivity index (χ2n) is 2.27. The Bertz CT molecular complexity index is 196. The molecular formula is C7H9NO2. The lowest BCUT2D eigenvalue weighted by Crippen LogP contribution is -2.36. The summed E-state index contributed by atoms with van der Waals surface area (Å²) in [6.07, 6.45) is 3.21. The van der Waals surface area contributed by atoms with Gasteiger partial charge in [0.25, 0.3) is 0 Å². The van der Waals surface area contributed by atoms with Crippen molar-refractivity contribution in [3.63, 3.8) is 0 Å². The Morgan fingerprint density at radius 3 is 2.80 bits per heavy atom. The van der Waals surface area contributed by atoms with Crippen LogP contribution in [0, 0.1) is 0 Å². The van der Waals surface area contributed by atoms with Crippen LogP contribution < -0.4 is 0 Å². The van der Waals surface area contributed by atoms with Gasteiger partial charge in [0.15, 0.2) is 5.78 Å². The predicted molar refractivity (Wildman–Crippen MR) is 36.4 cm³/mol. The third-order valence-corrected chi connectivity index (χ3v) is 1.42. The molecule has 3 nitrogen and oxygen atoms in total. The molecule has 1 rings (SSSR count). The van der Waals surface area contributed by atoms with E-state index < -0.39 is 0 Å². The van der Waals surface area contributed by atoms with Crippen molar-refractivity contribution < 1.29 is 9.59 Å². The smallest absolute Gasteiger partial charge is 0.220 e. The molecule has 0 radical (unpaired) electrons. The first-order valence-electron chi connectivity index (χ1n) is 3.15. The molecule has 0 unspecified atom stereocenters. The van der Waals surface area contributed by atoms with E-state index in [1.54, 1.807) is 6.08 Å². The number of ketones is 1. The van der Waals surface area contributed by atoms with Gasteiger partial charge in [-0.05, 0) is 6.08 Å². The lowest BCUT2D eigenvalue weighted by atomic mass is 10.2. The van der Waals surface area contributed by atoms with Gasteiger partial charge >= 0.3 is 0 Å². The van der Waals surface area contributed by atoms with E-state index in [-0.39, 0.29) is 18.2 Å². The van der Waals surface area contributed by atoms with Gasteiger partial charge in [-0.15, -0.1) is 0 Å². The van der Waals surface area contributed by atoms with Crippen LogP contribution >= 0.6 is 0 Å². The van der Waals surface area contributed by atoms with E-state index in [0.717, 1.165) is 0 Å². The molecule has 0 spiro atoms. The van der Waals surface area contributed by atoms with Crippen LogP contribution in [-0.2, 0) is 9.59 Å². The molecule has 0 fully saturated rings. The first-order valence-corrected chi connectivity index (χ1v) is 3.15. The highest BCUT2D eigenvalue weighted by Gasteiger charge is 2.13. The number of hydrogen-bond donors (Lipinski definition) is 0. The summed E-state index contributed by atoms with van der Waals surface area (Å²) in [5.41, 5.74) is 0. The van der Waals surface area contributed by atoms with Gasteiger partial charge in [0.2, 0.25) is 5.91 Å². The summed E-state index contributed by atoms with van der Waals surface area (Å²) in [6, 6.07) is 0. The molecule has 0 saturated carbocycles. The molecule has 0 saturated heterocycles. The minimum Gasteiger partial charge on any atom is -0.332 e. The Kier molecular flexibility index (Phi) is 1.85. The number of nitrogens with zero attached hydrogens (tertiary/aromatic N) is 1. The third kappa shape index (κ3) is 1.43. The third-order valence-electron chi connectivity index (χ3n) is 1.42. The van der Waals surface area contributed by atoms with Crippen LogP contribution in [-0.4, -0.2) is 29.7 Å². The van der Waals surface area contributed by atoms with Crippen LogP contribution in [0.1, 0.15) is 6.92 Å². The monoisotopic (exact) mass is 139 g/mol. The summed E-state index contributed by atoms with van der Waals surface area (Å²) >= 11 is 0. The summed E-state index contributed by atoms with van der Waals surface area (Å²) in [5, 5.41) is 0. The van der Waals surface area contributed by atoms with E-state index >= 15 is 0 Å². The van der Waals surface area contributed by atoms with Crippen molar-refractivity contribution >= 4 is 11.7 Å². The molecule has 1 aliphatic heterocycles. The second-order valence-corrected chi connectivity index (χ2v) is 2.27. The average molecular weight is 139 g/mol. The minimum atomic E-state index is -0.0438. The fourth-order valence-corrected chi connectivity index (χ4v) is 0.857. The van der Waals surface area contributed by atoms with E-state index in [2.05, 4.69) is 0 Å². The Morgan fingerprint density at radius 2 is 2.40 bits per heavy atom. The van der Waals surface area contributed by atoms with E-state index in [1.807, 2.05) is 0 Å². The molecule has 10 heavy (non-hydrogen) atoms. The van der Waals surface area contributed by atoms with Crippen LogP contribution in [0.15, 0.2) is 12.2 Å². The molecular weight excluding hydrogens is 130 g/mol. The summed E-state index contributed by atoms with van der Waals surface area (Å²) in [5.74, 6) is -0.0425. The Hall–Kier alpha value is -1.12. The summed E-state index contributed by atoms with van der Waals surface area (Å²) < 4.78 is 0.